The first-order valence-electron chi connectivity index (χ1n) is 6.09. The molecule has 5 nitrogen and oxygen atoms in total. The maximum atomic E-state index is 11.1. The Morgan fingerprint density at radius 2 is 2.05 bits per heavy atom. The highest BCUT2D eigenvalue weighted by Gasteiger charge is 2.19. The summed E-state index contributed by atoms with van der Waals surface area (Å²) in [6.07, 6.45) is 1.53. The van der Waals surface area contributed by atoms with Crippen molar-refractivity contribution in [3.63, 3.8) is 0 Å². The molecule has 0 saturated heterocycles. The van der Waals surface area contributed by atoms with E-state index in [-0.39, 0.29) is 5.69 Å². The van der Waals surface area contributed by atoms with E-state index < -0.39 is 4.92 Å². The van der Waals surface area contributed by atoms with Gasteiger partial charge >= 0.3 is 0 Å². The third kappa shape index (κ3) is 2.61. The maximum absolute atomic E-state index is 11.1. The molecule has 0 unspecified atom stereocenters. The Hall–Kier alpha value is -1.88. The first-order valence-corrected chi connectivity index (χ1v) is 6.46. The summed E-state index contributed by atoms with van der Waals surface area (Å²) in [5.74, 6) is 0. The van der Waals surface area contributed by atoms with Crippen LogP contribution in [0.25, 0.3) is 5.69 Å². The van der Waals surface area contributed by atoms with Crippen molar-refractivity contribution < 1.29 is 4.92 Å². The van der Waals surface area contributed by atoms with E-state index in [1.54, 1.807) is 10.7 Å². The highest BCUT2D eigenvalue weighted by atomic mass is 35.5. The molecule has 0 bridgehead atoms. The molecule has 1 heterocycles. The fraction of sp³-hybridized carbons (Fsp3) is 0.308. The summed E-state index contributed by atoms with van der Waals surface area (Å²) < 4.78 is 1.61. The number of halogens is 1. The van der Waals surface area contributed by atoms with Crippen LogP contribution in [0.4, 0.5) is 5.69 Å². The van der Waals surface area contributed by atoms with Crippen LogP contribution in [-0.4, -0.2) is 14.7 Å². The minimum Gasteiger partial charge on any atom is -0.258 e. The van der Waals surface area contributed by atoms with Crippen LogP contribution >= 0.6 is 11.6 Å². The lowest BCUT2D eigenvalue weighted by atomic mass is 10.2. The number of rotatable bonds is 4. The molecule has 2 aromatic rings. The lowest BCUT2D eigenvalue weighted by Gasteiger charge is -2.07. The molecule has 19 heavy (non-hydrogen) atoms. The first-order chi connectivity index (χ1) is 9.06. The van der Waals surface area contributed by atoms with Gasteiger partial charge in [-0.3, -0.25) is 10.1 Å². The largest absolute Gasteiger partial charge is 0.294 e. The number of hydrogen-bond donors (Lipinski definition) is 0. The van der Waals surface area contributed by atoms with Gasteiger partial charge in [-0.05, 0) is 31.0 Å². The quantitative estimate of drug-likeness (QED) is 0.635. The summed E-state index contributed by atoms with van der Waals surface area (Å²) in [6, 6.07) is 6.46. The molecule has 1 aromatic heterocycles. The van der Waals surface area contributed by atoms with Gasteiger partial charge in [-0.15, -0.1) is 0 Å². The highest BCUT2D eigenvalue weighted by Crippen LogP contribution is 2.27. The fourth-order valence-corrected chi connectivity index (χ4v) is 2.10. The van der Waals surface area contributed by atoms with Crippen LogP contribution in [0.2, 0.25) is 5.02 Å². The van der Waals surface area contributed by atoms with Crippen LogP contribution in [0.5, 0.6) is 0 Å². The lowest BCUT2D eigenvalue weighted by molar-refractivity contribution is -0.384. The van der Waals surface area contributed by atoms with E-state index in [1.165, 1.54) is 12.1 Å². The number of nitro groups is 1. The van der Waals surface area contributed by atoms with E-state index in [2.05, 4.69) is 5.10 Å². The average Bonchev–Trinajstić information content (AvgIpc) is 2.81. The van der Waals surface area contributed by atoms with E-state index >= 15 is 0 Å². The minimum atomic E-state index is -0.418. The van der Waals surface area contributed by atoms with Gasteiger partial charge in [0.05, 0.1) is 10.6 Å². The normalized spacial score (nSPS) is 10.7. The molecule has 0 fully saturated rings. The maximum Gasteiger partial charge on any atom is 0.294 e. The van der Waals surface area contributed by atoms with Crippen molar-refractivity contribution in [1.29, 1.82) is 0 Å². The van der Waals surface area contributed by atoms with Gasteiger partial charge in [0.25, 0.3) is 5.69 Å². The molecule has 0 saturated carbocycles. The molecule has 1 aromatic carbocycles. The molecule has 2 rings (SSSR count). The molecule has 6 heteroatoms. The van der Waals surface area contributed by atoms with Crippen molar-refractivity contribution in [3.8, 4) is 5.69 Å². The average molecular weight is 280 g/mol. The molecule has 0 atom stereocenters. The second kappa shape index (κ2) is 5.40. The molecule has 0 radical (unpaired) electrons. The Morgan fingerprint density at radius 3 is 2.63 bits per heavy atom. The number of nitrogens with zero attached hydrogens (tertiary/aromatic N) is 3. The van der Waals surface area contributed by atoms with E-state index in [1.807, 2.05) is 19.9 Å². The van der Waals surface area contributed by atoms with Crippen molar-refractivity contribution in [2.24, 2.45) is 0 Å². The Bertz CT molecular complexity index is 622. The second-order valence-electron chi connectivity index (χ2n) is 4.14. The third-order valence-electron chi connectivity index (χ3n) is 2.92. The molecule has 0 aliphatic rings. The van der Waals surface area contributed by atoms with Gasteiger partial charge in [0, 0.05) is 16.8 Å². The Labute approximate surface area is 116 Å². The highest BCUT2D eigenvalue weighted by molar-refractivity contribution is 6.30. The second-order valence-corrected chi connectivity index (χ2v) is 4.57. The van der Waals surface area contributed by atoms with Gasteiger partial charge in [0.1, 0.15) is 5.69 Å². The predicted molar refractivity (Wildman–Crippen MR) is 74.0 cm³/mol. The smallest absolute Gasteiger partial charge is 0.258 e. The first kappa shape index (κ1) is 13.5. The molecule has 0 spiro atoms. The minimum absolute atomic E-state index is 0.00449. The van der Waals surface area contributed by atoms with E-state index in [0.717, 1.165) is 24.2 Å². The van der Waals surface area contributed by atoms with Crippen LogP contribution in [0, 0.1) is 10.1 Å². The van der Waals surface area contributed by atoms with Crippen molar-refractivity contribution in [1.82, 2.24) is 9.78 Å². The third-order valence-corrected chi connectivity index (χ3v) is 3.16. The molecule has 0 N–H and O–H groups in total. The summed E-state index contributed by atoms with van der Waals surface area (Å²) >= 11 is 5.94. The summed E-state index contributed by atoms with van der Waals surface area (Å²) in [4.78, 5) is 10.7. The summed E-state index contributed by atoms with van der Waals surface area (Å²) in [7, 11) is 0. The Morgan fingerprint density at radius 1 is 1.32 bits per heavy atom. The molecular formula is C13H14ClN3O2. The number of hydrogen-bond acceptors (Lipinski definition) is 3. The number of nitro benzene ring substituents is 1. The lowest BCUT2D eigenvalue weighted by Crippen LogP contribution is -2.05. The summed E-state index contributed by atoms with van der Waals surface area (Å²) in [6.45, 7) is 3.99. The van der Waals surface area contributed by atoms with E-state index in [0.29, 0.717) is 10.7 Å². The summed E-state index contributed by atoms with van der Waals surface area (Å²) in [5, 5.41) is 16.0. The number of benzene rings is 1. The Kier molecular flexibility index (Phi) is 3.85. The molecule has 100 valence electrons. The molecule has 0 aliphatic heterocycles. The van der Waals surface area contributed by atoms with Gasteiger partial charge in [-0.2, -0.15) is 5.10 Å². The van der Waals surface area contributed by atoms with Crippen LogP contribution < -0.4 is 0 Å². The SMILES string of the molecule is CCc1cc(CC)n(-c2cc(Cl)ccc2[N+](=O)[O-])n1. The van der Waals surface area contributed by atoms with Gasteiger partial charge in [-0.25, -0.2) is 4.68 Å². The zero-order valence-electron chi connectivity index (χ0n) is 10.8. The van der Waals surface area contributed by atoms with Crippen molar-refractivity contribution >= 4 is 17.3 Å². The van der Waals surface area contributed by atoms with Crippen LogP contribution in [-0.2, 0) is 12.8 Å². The fourth-order valence-electron chi connectivity index (χ4n) is 1.93. The zero-order chi connectivity index (χ0) is 14.0. The Balaban J connectivity index is 2.66. The van der Waals surface area contributed by atoms with Crippen LogP contribution in [0.3, 0.4) is 0 Å². The van der Waals surface area contributed by atoms with Crippen molar-refractivity contribution in [2.45, 2.75) is 26.7 Å². The predicted octanol–water partition coefficient (Wildman–Crippen LogP) is 3.56. The zero-order valence-corrected chi connectivity index (χ0v) is 11.5. The van der Waals surface area contributed by atoms with E-state index in [9.17, 15) is 10.1 Å². The van der Waals surface area contributed by atoms with Crippen LogP contribution in [0.15, 0.2) is 24.3 Å². The van der Waals surface area contributed by atoms with Gasteiger partial charge in [-0.1, -0.05) is 25.4 Å². The molecule has 0 amide bonds. The standard InChI is InChI=1S/C13H14ClN3O2/c1-3-10-8-11(4-2)16(15-10)13-7-9(14)5-6-12(13)17(18)19/h5-8H,3-4H2,1-2H3. The van der Waals surface area contributed by atoms with Gasteiger partial charge in [0.2, 0.25) is 0 Å². The van der Waals surface area contributed by atoms with Gasteiger partial charge in [0.15, 0.2) is 0 Å². The molecular weight excluding hydrogens is 266 g/mol. The van der Waals surface area contributed by atoms with Crippen LogP contribution in [0.1, 0.15) is 25.2 Å². The van der Waals surface area contributed by atoms with E-state index in [4.69, 9.17) is 11.6 Å². The molecule has 0 aliphatic carbocycles. The number of aryl methyl sites for hydroxylation is 2. The topological polar surface area (TPSA) is 61.0 Å². The monoisotopic (exact) mass is 279 g/mol. The summed E-state index contributed by atoms with van der Waals surface area (Å²) in [5.41, 5.74) is 2.26. The van der Waals surface area contributed by atoms with Crippen molar-refractivity contribution in [3.05, 3.63) is 50.8 Å². The van der Waals surface area contributed by atoms with Gasteiger partial charge < -0.3 is 0 Å². The van der Waals surface area contributed by atoms with Crippen molar-refractivity contribution in [2.75, 3.05) is 0 Å². The number of aromatic nitrogens is 2.